The molecule has 1 N–H and O–H groups in total. The van der Waals surface area contributed by atoms with Gasteiger partial charge in [-0.3, -0.25) is 0 Å². The van der Waals surface area contributed by atoms with Gasteiger partial charge in [-0.2, -0.15) is 5.10 Å². The van der Waals surface area contributed by atoms with Crippen LogP contribution in [-0.2, 0) is 16.6 Å². The van der Waals surface area contributed by atoms with Gasteiger partial charge < -0.3 is 0 Å². The van der Waals surface area contributed by atoms with Crippen molar-refractivity contribution in [2.45, 2.75) is 63.3 Å². The molecular formula is C12H20N4O2S. The van der Waals surface area contributed by atoms with Gasteiger partial charge in [0.25, 0.3) is 0 Å². The quantitative estimate of drug-likeness (QED) is 0.904. The number of fused-ring (bicyclic) bond motifs is 1. The molecule has 106 valence electrons. The zero-order valence-electron chi connectivity index (χ0n) is 11.3. The van der Waals surface area contributed by atoms with Crippen molar-refractivity contribution in [2.75, 3.05) is 0 Å². The highest BCUT2D eigenvalue weighted by atomic mass is 32.2. The molecule has 1 aromatic rings. The monoisotopic (exact) mass is 284 g/mol. The number of aromatic nitrogens is 3. The summed E-state index contributed by atoms with van der Waals surface area (Å²) in [6.45, 7) is 4.92. The Morgan fingerprint density at radius 3 is 2.68 bits per heavy atom. The van der Waals surface area contributed by atoms with E-state index in [-0.39, 0.29) is 17.2 Å². The third-order valence-corrected chi connectivity index (χ3v) is 5.64. The lowest BCUT2D eigenvalue weighted by molar-refractivity contribution is 0.399. The molecule has 0 spiro atoms. The van der Waals surface area contributed by atoms with E-state index in [9.17, 15) is 8.42 Å². The first-order chi connectivity index (χ1) is 8.97. The summed E-state index contributed by atoms with van der Waals surface area (Å²) < 4.78 is 28.8. The Kier molecular flexibility index (Phi) is 3.13. The molecule has 0 amide bonds. The largest absolute Gasteiger partial charge is 0.248 e. The predicted molar refractivity (Wildman–Crippen MR) is 71.2 cm³/mol. The number of nitrogens with one attached hydrogen (secondary N) is 1. The maximum Gasteiger partial charge on any atom is 0.215 e. The molecule has 1 aliphatic heterocycles. The fourth-order valence-electron chi connectivity index (χ4n) is 2.40. The van der Waals surface area contributed by atoms with Crippen LogP contribution in [0.15, 0.2) is 0 Å². The van der Waals surface area contributed by atoms with Crippen LogP contribution in [0.1, 0.15) is 63.1 Å². The van der Waals surface area contributed by atoms with Crippen molar-refractivity contribution in [2.24, 2.45) is 0 Å². The molecule has 0 saturated heterocycles. The highest BCUT2D eigenvalue weighted by molar-refractivity contribution is 7.90. The fraction of sp³-hybridized carbons (Fsp3) is 0.833. The van der Waals surface area contributed by atoms with Crippen molar-refractivity contribution >= 4 is 10.0 Å². The van der Waals surface area contributed by atoms with Crippen molar-refractivity contribution in [3.05, 3.63) is 11.6 Å². The molecule has 0 radical (unpaired) electrons. The lowest BCUT2D eigenvalue weighted by atomic mass is 10.1. The Morgan fingerprint density at radius 1 is 1.32 bits per heavy atom. The summed E-state index contributed by atoms with van der Waals surface area (Å²) in [7, 11) is -3.17. The zero-order chi connectivity index (χ0) is 13.6. The van der Waals surface area contributed by atoms with Gasteiger partial charge in [-0.25, -0.2) is 22.8 Å². The smallest absolute Gasteiger partial charge is 0.215 e. The van der Waals surface area contributed by atoms with E-state index in [1.54, 1.807) is 0 Å². The number of sulfonamides is 1. The zero-order valence-corrected chi connectivity index (χ0v) is 12.2. The molecule has 3 rings (SSSR count). The van der Waals surface area contributed by atoms with Gasteiger partial charge in [0.2, 0.25) is 10.0 Å². The summed E-state index contributed by atoms with van der Waals surface area (Å²) in [4.78, 5) is 4.52. The number of hydrogen-bond donors (Lipinski definition) is 1. The van der Waals surface area contributed by atoms with Gasteiger partial charge in [-0.05, 0) is 25.7 Å². The molecule has 1 saturated carbocycles. The molecule has 2 aliphatic rings. The second-order valence-corrected chi connectivity index (χ2v) is 7.76. The van der Waals surface area contributed by atoms with E-state index < -0.39 is 10.0 Å². The first-order valence-electron chi connectivity index (χ1n) is 6.93. The molecule has 2 heterocycles. The molecule has 1 aromatic heterocycles. The Labute approximate surface area is 113 Å². The number of aryl methyl sites for hydroxylation is 1. The van der Waals surface area contributed by atoms with E-state index in [0.29, 0.717) is 0 Å². The molecule has 1 fully saturated rings. The van der Waals surface area contributed by atoms with Gasteiger partial charge in [-0.1, -0.05) is 13.8 Å². The summed E-state index contributed by atoms with van der Waals surface area (Å²) in [5.41, 5.74) is 0. The first-order valence-corrected chi connectivity index (χ1v) is 8.48. The summed E-state index contributed by atoms with van der Waals surface area (Å²) in [5, 5.41) is 4.28. The number of rotatable bonds is 4. The minimum Gasteiger partial charge on any atom is -0.248 e. The van der Waals surface area contributed by atoms with E-state index in [1.165, 1.54) is 0 Å². The molecule has 0 bridgehead atoms. The summed E-state index contributed by atoms with van der Waals surface area (Å²) >= 11 is 0. The van der Waals surface area contributed by atoms with Gasteiger partial charge in [-0.15, -0.1) is 0 Å². The summed E-state index contributed by atoms with van der Waals surface area (Å²) in [5.74, 6) is 1.84. The van der Waals surface area contributed by atoms with Crippen LogP contribution in [-0.4, -0.2) is 28.4 Å². The molecular weight excluding hydrogens is 264 g/mol. The third-order valence-electron chi connectivity index (χ3n) is 3.68. The van der Waals surface area contributed by atoms with Gasteiger partial charge in [0.05, 0.1) is 11.3 Å². The van der Waals surface area contributed by atoms with E-state index in [2.05, 4.69) is 14.8 Å². The molecule has 7 heteroatoms. The lowest BCUT2D eigenvalue weighted by Crippen LogP contribution is -2.35. The average Bonchev–Trinajstić information content (AvgIpc) is 3.09. The Morgan fingerprint density at radius 2 is 2.05 bits per heavy atom. The van der Waals surface area contributed by atoms with Crippen molar-refractivity contribution < 1.29 is 8.42 Å². The van der Waals surface area contributed by atoms with E-state index in [4.69, 9.17) is 0 Å². The molecule has 1 atom stereocenters. The van der Waals surface area contributed by atoms with Gasteiger partial charge >= 0.3 is 0 Å². The van der Waals surface area contributed by atoms with Gasteiger partial charge in [0.15, 0.2) is 5.82 Å². The topological polar surface area (TPSA) is 76.9 Å². The van der Waals surface area contributed by atoms with Crippen LogP contribution in [0.4, 0.5) is 0 Å². The maximum atomic E-state index is 12.0. The van der Waals surface area contributed by atoms with Crippen LogP contribution in [0.5, 0.6) is 0 Å². The molecule has 19 heavy (non-hydrogen) atoms. The van der Waals surface area contributed by atoms with Crippen LogP contribution in [0, 0.1) is 0 Å². The third kappa shape index (κ3) is 2.53. The van der Waals surface area contributed by atoms with Gasteiger partial charge in [0, 0.05) is 12.5 Å². The normalized spacial score (nSPS) is 23.6. The number of hydrogen-bond acceptors (Lipinski definition) is 4. The van der Waals surface area contributed by atoms with Crippen molar-refractivity contribution in [3.8, 4) is 0 Å². The minimum atomic E-state index is -3.17. The summed E-state index contributed by atoms with van der Waals surface area (Å²) in [6, 6.07) is -0.209. The van der Waals surface area contributed by atoms with Crippen LogP contribution < -0.4 is 4.72 Å². The molecule has 1 aliphatic carbocycles. The second kappa shape index (κ2) is 4.56. The molecule has 6 nitrogen and oxygen atoms in total. The Hall–Kier alpha value is -0.950. The highest BCUT2D eigenvalue weighted by Gasteiger charge is 2.38. The second-order valence-electron chi connectivity index (χ2n) is 5.76. The predicted octanol–water partition coefficient (Wildman–Crippen LogP) is 1.32. The standard InChI is InChI=1S/C12H20N4O2S/c1-8(2)11-13-12-10(4-3-7-16(12)14-11)15-19(17,18)9-5-6-9/h8-10,15H,3-7H2,1-2H3/t10-/m1/s1. The Bertz CT molecular complexity index is 575. The van der Waals surface area contributed by atoms with E-state index in [0.717, 1.165) is 43.9 Å². The molecule has 0 unspecified atom stereocenters. The lowest BCUT2D eigenvalue weighted by Gasteiger charge is -2.22. The van der Waals surface area contributed by atoms with Crippen molar-refractivity contribution in [1.82, 2.24) is 19.5 Å². The minimum absolute atomic E-state index is 0.185. The fourth-order valence-corrected chi connectivity index (χ4v) is 3.97. The van der Waals surface area contributed by atoms with Crippen LogP contribution >= 0.6 is 0 Å². The van der Waals surface area contributed by atoms with Gasteiger partial charge in [0.1, 0.15) is 5.82 Å². The first kappa shape index (κ1) is 13.1. The average molecular weight is 284 g/mol. The SMILES string of the molecule is CC(C)c1nc2n(n1)CCC[C@H]2NS(=O)(=O)C1CC1. The van der Waals surface area contributed by atoms with Crippen LogP contribution in [0.3, 0.4) is 0 Å². The van der Waals surface area contributed by atoms with E-state index in [1.807, 2.05) is 18.5 Å². The van der Waals surface area contributed by atoms with Crippen molar-refractivity contribution in [3.63, 3.8) is 0 Å². The van der Waals surface area contributed by atoms with Crippen LogP contribution in [0.2, 0.25) is 0 Å². The maximum absolute atomic E-state index is 12.0. The highest BCUT2D eigenvalue weighted by Crippen LogP contribution is 2.31. The number of nitrogens with zero attached hydrogens (tertiary/aromatic N) is 3. The Balaban J connectivity index is 1.85. The molecule has 0 aromatic carbocycles. The summed E-state index contributed by atoms with van der Waals surface area (Å²) in [6.07, 6.45) is 3.31. The van der Waals surface area contributed by atoms with E-state index >= 15 is 0 Å². The van der Waals surface area contributed by atoms with Crippen molar-refractivity contribution in [1.29, 1.82) is 0 Å². The van der Waals surface area contributed by atoms with Crippen LogP contribution in [0.25, 0.3) is 0 Å².